The SMILES string of the molecule is O=C1c2ccccc2C(=O)C1C(c1ccccc1)C1C(=O)N(c2ccccc2)N=C1c1ccccc1. The van der Waals surface area contributed by atoms with Crippen molar-refractivity contribution in [1.29, 1.82) is 0 Å². The molecule has 0 bridgehead atoms. The quantitative estimate of drug-likeness (QED) is 0.360. The number of nitrogens with zero attached hydrogens (tertiary/aromatic N) is 2. The number of benzene rings is 4. The Balaban J connectivity index is 1.54. The van der Waals surface area contributed by atoms with E-state index in [9.17, 15) is 14.4 Å². The first-order valence-corrected chi connectivity index (χ1v) is 11.9. The largest absolute Gasteiger partial charge is 0.293 e. The molecule has 6 rings (SSSR count). The molecule has 2 atom stereocenters. The van der Waals surface area contributed by atoms with Crippen LogP contribution in [0.15, 0.2) is 120 Å². The molecule has 0 saturated carbocycles. The van der Waals surface area contributed by atoms with Gasteiger partial charge in [-0.2, -0.15) is 10.1 Å². The monoisotopic (exact) mass is 470 g/mol. The van der Waals surface area contributed by atoms with E-state index in [0.717, 1.165) is 11.1 Å². The molecular weight excluding hydrogens is 448 g/mol. The molecule has 2 aliphatic rings. The lowest BCUT2D eigenvalue weighted by Gasteiger charge is -2.28. The van der Waals surface area contributed by atoms with Crippen molar-refractivity contribution in [3.05, 3.63) is 138 Å². The minimum Gasteiger partial charge on any atom is -0.293 e. The van der Waals surface area contributed by atoms with Gasteiger partial charge in [0.05, 0.1) is 23.2 Å². The highest BCUT2D eigenvalue weighted by atomic mass is 16.2. The second-order valence-electron chi connectivity index (χ2n) is 9.00. The third-order valence-corrected chi connectivity index (χ3v) is 6.97. The molecule has 4 aromatic carbocycles. The average molecular weight is 471 g/mol. The molecule has 1 amide bonds. The van der Waals surface area contributed by atoms with Crippen LogP contribution in [-0.4, -0.2) is 23.2 Å². The normalized spacial score (nSPS) is 18.3. The number of Topliss-reactive ketones (excluding diaryl/α,β-unsaturated/α-hetero) is 2. The van der Waals surface area contributed by atoms with Crippen molar-refractivity contribution in [1.82, 2.24) is 0 Å². The van der Waals surface area contributed by atoms with Crippen LogP contribution in [0.3, 0.4) is 0 Å². The van der Waals surface area contributed by atoms with E-state index < -0.39 is 17.8 Å². The molecule has 1 aliphatic heterocycles. The van der Waals surface area contributed by atoms with Gasteiger partial charge in [-0.25, -0.2) is 0 Å². The van der Waals surface area contributed by atoms with Crippen molar-refractivity contribution in [3.63, 3.8) is 0 Å². The minimum absolute atomic E-state index is 0.247. The van der Waals surface area contributed by atoms with Gasteiger partial charge >= 0.3 is 0 Å². The van der Waals surface area contributed by atoms with Crippen LogP contribution >= 0.6 is 0 Å². The number of amides is 1. The fourth-order valence-corrected chi connectivity index (χ4v) is 5.34. The van der Waals surface area contributed by atoms with E-state index in [4.69, 9.17) is 5.10 Å². The second kappa shape index (κ2) is 8.86. The number of rotatable bonds is 5. The van der Waals surface area contributed by atoms with Crippen molar-refractivity contribution in [3.8, 4) is 0 Å². The van der Waals surface area contributed by atoms with Crippen molar-refractivity contribution in [2.75, 3.05) is 5.01 Å². The summed E-state index contributed by atoms with van der Waals surface area (Å²) in [7, 11) is 0. The number of para-hydroxylation sites is 1. The summed E-state index contributed by atoms with van der Waals surface area (Å²) in [5.41, 5.74) is 3.56. The van der Waals surface area contributed by atoms with E-state index in [2.05, 4.69) is 0 Å². The zero-order valence-corrected chi connectivity index (χ0v) is 19.3. The number of ketones is 2. The van der Waals surface area contributed by atoms with Gasteiger partial charge in [0, 0.05) is 17.0 Å². The molecule has 1 heterocycles. The molecule has 36 heavy (non-hydrogen) atoms. The van der Waals surface area contributed by atoms with Gasteiger partial charge in [0.15, 0.2) is 11.6 Å². The Hall–Kier alpha value is -4.64. The molecule has 2 unspecified atom stereocenters. The predicted octanol–water partition coefficient (Wildman–Crippen LogP) is 5.53. The summed E-state index contributed by atoms with van der Waals surface area (Å²) in [6, 6.07) is 35.0. The van der Waals surface area contributed by atoms with Crippen molar-refractivity contribution in [2.24, 2.45) is 16.9 Å². The second-order valence-corrected chi connectivity index (χ2v) is 9.00. The maximum absolute atomic E-state index is 14.1. The number of carbonyl (C=O) groups is 3. The van der Waals surface area contributed by atoms with Gasteiger partial charge in [0.1, 0.15) is 0 Å². The standard InChI is InChI=1S/C31H22N2O3/c34-29-23-18-10-11-19-24(23)30(35)27(29)25(20-12-4-1-5-13-20)26-28(21-14-6-2-7-15-21)32-33(31(26)36)22-16-8-3-9-17-22/h1-19,25-27H. The summed E-state index contributed by atoms with van der Waals surface area (Å²) in [6.07, 6.45) is 0. The zero-order valence-electron chi connectivity index (χ0n) is 19.3. The first-order valence-electron chi connectivity index (χ1n) is 11.9. The predicted molar refractivity (Wildman–Crippen MR) is 138 cm³/mol. The molecule has 0 aromatic heterocycles. The van der Waals surface area contributed by atoms with Crippen molar-refractivity contribution in [2.45, 2.75) is 5.92 Å². The molecule has 0 spiro atoms. The lowest BCUT2D eigenvalue weighted by atomic mass is 9.71. The van der Waals surface area contributed by atoms with Gasteiger partial charge in [-0.3, -0.25) is 14.4 Å². The maximum Gasteiger partial charge on any atom is 0.257 e. The van der Waals surface area contributed by atoms with Crippen LogP contribution < -0.4 is 5.01 Å². The van der Waals surface area contributed by atoms with Crippen LogP contribution in [-0.2, 0) is 4.79 Å². The van der Waals surface area contributed by atoms with Crippen LogP contribution in [0.25, 0.3) is 0 Å². The van der Waals surface area contributed by atoms with Gasteiger partial charge in [0.25, 0.3) is 5.91 Å². The van der Waals surface area contributed by atoms with Crippen LogP contribution in [0.4, 0.5) is 5.69 Å². The highest BCUT2D eigenvalue weighted by Gasteiger charge is 2.52. The Labute approximate surface area is 208 Å². The Morgan fingerprint density at radius 2 is 1.08 bits per heavy atom. The van der Waals surface area contributed by atoms with Gasteiger partial charge < -0.3 is 0 Å². The molecule has 0 saturated heterocycles. The summed E-state index contributed by atoms with van der Waals surface area (Å²) < 4.78 is 0. The molecule has 174 valence electrons. The Kier molecular flexibility index (Phi) is 5.38. The van der Waals surface area contributed by atoms with Gasteiger partial charge in [-0.15, -0.1) is 0 Å². The van der Waals surface area contributed by atoms with E-state index in [1.807, 2.05) is 91.0 Å². The van der Waals surface area contributed by atoms with Gasteiger partial charge in [-0.1, -0.05) is 103 Å². The third kappa shape index (κ3) is 3.48. The highest BCUT2D eigenvalue weighted by molar-refractivity contribution is 6.29. The van der Waals surface area contributed by atoms with E-state index in [1.54, 1.807) is 24.3 Å². The fraction of sp³-hybridized carbons (Fsp3) is 0.0968. The molecule has 5 nitrogen and oxygen atoms in total. The Morgan fingerprint density at radius 1 is 0.583 bits per heavy atom. The number of hydrazone groups is 1. The average Bonchev–Trinajstić information content (AvgIpc) is 3.41. The zero-order chi connectivity index (χ0) is 24.6. The number of hydrogen-bond acceptors (Lipinski definition) is 4. The Bertz CT molecular complexity index is 1460. The van der Waals surface area contributed by atoms with Crippen LogP contribution in [0, 0.1) is 11.8 Å². The summed E-state index contributed by atoms with van der Waals surface area (Å²) in [5.74, 6) is -3.29. The van der Waals surface area contributed by atoms with Crippen molar-refractivity contribution < 1.29 is 14.4 Å². The van der Waals surface area contributed by atoms with Crippen LogP contribution in [0.1, 0.15) is 37.8 Å². The Morgan fingerprint density at radius 3 is 1.67 bits per heavy atom. The smallest absolute Gasteiger partial charge is 0.257 e. The summed E-state index contributed by atoms with van der Waals surface area (Å²) in [5, 5.41) is 6.19. The number of anilines is 1. The number of hydrogen-bond donors (Lipinski definition) is 0. The fourth-order valence-electron chi connectivity index (χ4n) is 5.34. The maximum atomic E-state index is 14.1. The molecule has 0 N–H and O–H groups in total. The minimum atomic E-state index is -1.01. The van der Waals surface area contributed by atoms with Gasteiger partial charge in [0.2, 0.25) is 0 Å². The first kappa shape index (κ1) is 21.9. The number of carbonyl (C=O) groups excluding carboxylic acids is 3. The molecule has 4 aromatic rings. The van der Waals surface area contributed by atoms with Gasteiger partial charge in [-0.05, 0) is 23.3 Å². The molecule has 0 fully saturated rings. The van der Waals surface area contributed by atoms with E-state index in [0.29, 0.717) is 22.5 Å². The third-order valence-electron chi connectivity index (χ3n) is 6.97. The van der Waals surface area contributed by atoms with E-state index in [1.165, 1.54) is 5.01 Å². The van der Waals surface area contributed by atoms with E-state index >= 15 is 0 Å². The molecule has 0 radical (unpaired) electrons. The van der Waals surface area contributed by atoms with Crippen LogP contribution in [0.5, 0.6) is 0 Å². The van der Waals surface area contributed by atoms with E-state index in [-0.39, 0.29) is 17.5 Å². The number of fused-ring (bicyclic) bond motifs is 1. The summed E-state index contributed by atoms with van der Waals surface area (Å²) >= 11 is 0. The first-order chi connectivity index (χ1) is 17.6. The summed E-state index contributed by atoms with van der Waals surface area (Å²) in [6.45, 7) is 0. The van der Waals surface area contributed by atoms with Crippen LogP contribution in [0.2, 0.25) is 0 Å². The molecular formula is C31H22N2O3. The van der Waals surface area contributed by atoms with Crippen molar-refractivity contribution >= 4 is 28.9 Å². The topological polar surface area (TPSA) is 66.8 Å². The summed E-state index contributed by atoms with van der Waals surface area (Å²) in [4.78, 5) is 41.5. The lowest BCUT2D eigenvalue weighted by Crippen LogP contribution is -2.38. The highest BCUT2D eigenvalue weighted by Crippen LogP contribution is 2.45. The lowest BCUT2D eigenvalue weighted by molar-refractivity contribution is -0.120. The molecule has 5 heteroatoms. The molecule has 1 aliphatic carbocycles.